The fraction of sp³-hybridized carbons (Fsp3) is 0.182. The highest BCUT2D eigenvalue weighted by Crippen LogP contribution is 2.33. The predicted octanol–water partition coefficient (Wildman–Crippen LogP) is 3.48. The van der Waals surface area contributed by atoms with Crippen molar-refractivity contribution in [2.45, 2.75) is 0 Å². The van der Waals surface area contributed by atoms with E-state index in [-0.39, 0.29) is 11.8 Å². The van der Waals surface area contributed by atoms with E-state index in [0.717, 1.165) is 29.5 Å². The van der Waals surface area contributed by atoms with Gasteiger partial charge in [-0.3, -0.25) is 9.59 Å². The van der Waals surface area contributed by atoms with Crippen LogP contribution in [0.2, 0.25) is 0 Å². The first-order valence-corrected chi connectivity index (χ1v) is 9.07. The Hall–Kier alpha value is -3.18. The first-order chi connectivity index (χ1) is 13.2. The number of imide groups is 1. The lowest BCUT2D eigenvalue weighted by molar-refractivity contribution is 0.0893. The second-order valence-electron chi connectivity index (χ2n) is 6.77. The van der Waals surface area contributed by atoms with E-state index in [4.69, 9.17) is 4.74 Å². The fourth-order valence-corrected chi connectivity index (χ4v) is 3.90. The molecule has 1 fully saturated rings. The van der Waals surface area contributed by atoms with Gasteiger partial charge in [-0.25, -0.2) is 4.90 Å². The van der Waals surface area contributed by atoms with Crippen LogP contribution in [0.5, 0.6) is 0 Å². The topological polar surface area (TPSA) is 49.9 Å². The van der Waals surface area contributed by atoms with E-state index in [1.807, 2.05) is 48.5 Å². The van der Waals surface area contributed by atoms with Gasteiger partial charge >= 0.3 is 0 Å². The first-order valence-electron chi connectivity index (χ1n) is 9.07. The molecule has 0 unspecified atom stereocenters. The molecule has 2 amide bonds. The molecular formula is C22H18N2O3. The van der Waals surface area contributed by atoms with Crippen LogP contribution in [0, 0.1) is 0 Å². The standard InChI is InChI=1S/C22H18N2O3/c25-21-18-5-1-3-15-4-2-6-19(20(15)18)22(26)24(21)17-9-7-16(8-10-17)23-11-13-27-14-12-23/h1-10H,11-14H2. The Morgan fingerprint density at radius 2 is 1.26 bits per heavy atom. The van der Waals surface area contributed by atoms with E-state index in [9.17, 15) is 9.59 Å². The largest absolute Gasteiger partial charge is 0.378 e. The van der Waals surface area contributed by atoms with Crippen molar-refractivity contribution in [3.05, 3.63) is 71.8 Å². The zero-order chi connectivity index (χ0) is 18.4. The lowest BCUT2D eigenvalue weighted by Gasteiger charge is -2.30. The van der Waals surface area contributed by atoms with Gasteiger partial charge in [0.15, 0.2) is 0 Å². The fourth-order valence-electron chi connectivity index (χ4n) is 3.90. The SMILES string of the molecule is O=C1c2cccc3cccc(c23)C(=O)N1c1ccc(N2CCOCC2)cc1. The zero-order valence-corrected chi connectivity index (χ0v) is 14.7. The Morgan fingerprint density at radius 3 is 1.85 bits per heavy atom. The number of amides is 2. The molecule has 2 aliphatic heterocycles. The molecule has 0 radical (unpaired) electrons. The summed E-state index contributed by atoms with van der Waals surface area (Å²) in [7, 11) is 0. The molecule has 0 spiro atoms. The maximum absolute atomic E-state index is 13.1. The maximum Gasteiger partial charge on any atom is 0.265 e. The summed E-state index contributed by atoms with van der Waals surface area (Å²) < 4.78 is 5.39. The van der Waals surface area contributed by atoms with Crippen LogP contribution in [0.3, 0.4) is 0 Å². The molecule has 5 heteroatoms. The van der Waals surface area contributed by atoms with Gasteiger partial charge in [0, 0.05) is 35.3 Å². The van der Waals surface area contributed by atoms with Crippen molar-refractivity contribution < 1.29 is 14.3 Å². The minimum atomic E-state index is -0.275. The Morgan fingerprint density at radius 1 is 0.704 bits per heavy atom. The molecule has 5 nitrogen and oxygen atoms in total. The summed E-state index contributed by atoms with van der Waals surface area (Å²) in [5, 5.41) is 1.66. The van der Waals surface area contributed by atoms with Crippen molar-refractivity contribution in [3.63, 3.8) is 0 Å². The van der Waals surface area contributed by atoms with Gasteiger partial charge in [0.05, 0.1) is 18.9 Å². The van der Waals surface area contributed by atoms with Crippen molar-refractivity contribution >= 4 is 34.0 Å². The molecule has 3 aromatic carbocycles. The van der Waals surface area contributed by atoms with Crippen molar-refractivity contribution in [3.8, 4) is 0 Å². The third kappa shape index (κ3) is 2.51. The zero-order valence-electron chi connectivity index (χ0n) is 14.7. The highest BCUT2D eigenvalue weighted by Gasteiger charge is 2.33. The average molecular weight is 358 g/mol. The number of morpholine rings is 1. The molecule has 0 bridgehead atoms. The lowest BCUT2D eigenvalue weighted by Crippen LogP contribution is -2.40. The molecule has 0 atom stereocenters. The van der Waals surface area contributed by atoms with Gasteiger partial charge in [0.1, 0.15) is 0 Å². The summed E-state index contributed by atoms with van der Waals surface area (Å²) in [6.45, 7) is 3.11. The van der Waals surface area contributed by atoms with Crippen LogP contribution in [0.4, 0.5) is 11.4 Å². The summed E-state index contributed by atoms with van der Waals surface area (Å²) in [5.74, 6) is -0.549. The maximum atomic E-state index is 13.1. The monoisotopic (exact) mass is 358 g/mol. The summed E-state index contributed by atoms with van der Waals surface area (Å²) in [6, 6.07) is 18.7. The van der Waals surface area contributed by atoms with E-state index in [0.29, 0.717) is 30.0 Å². The van der Waals surface area contributed by atoms with Gasteiger partial charge in [-0.2, -0.15) is 0 Å². The summed E-state index contributed by atoms with van der Waals surface area (Å²) in [5.41, 5.74) is 2.80. The highest BCUT2D eigenvalue weighted by atomic mass is 16.5. The quantitative estimate of drug-likeness (QED) is 0.658. The molecular weight excluding hydrogens is 340 g/mol. The Balaban J connectivity index is 1.54. The lowest BCUT2D eigenvalue weighted by atomic mass is 9.94. The minimum absolute atomic E-state index is 0.275. The molecule has 0 aromatic heterocycles. The number of anilines is 2. The number of benzene rings is 3. The summed E-state index contributed by atoms with van der Waals surface area (Å²) >= 11 is 0. The number of nitrogens with zero attached hydrogens (tertiary/aromatic N) is 2. The summed E-state index contributed by atoms with van der Waals surface area (Å²) in [4.78, 5) is 29.7. The second-order valence-corrected chi connectivity index (χ2v) is 6.77. The average Bonchev–Trinajstić information content (AvgIpc) is 2.73. The van der Waals surface area contributed by atoms with Gasteiger partial charge in [0.25, 0.3) is 11.8 Å². The molecule has 5 rings (SSSR count). The van der Waals surface area contributed by atoms with E-state index in [2.05, 4.69) is 4.90 Å². The van der Waals surface area contributed by atoms with Crippen molar-refractivity contribution in [1.29, 1.82) is 0 Å². The molecule has 27 heavy (non-hydrogen) atoms. The number of hydrogen-bond donors (Lipinski definition) is 0. The molecule has 3 aromatic rings. The minimum Gasteiger partial charge on any atom is -0.378 e. The van der Waals surface area contributed by atoms with Crippen LogP contribution in [-0.2, 0) is 4.74 Å². The van der Waals surface area contributed by atoms with Crippen molar-refractivity contribution in [2.75, 3.05) is 36.1 Å². The van der Waals surface area contributed by atoms with Gasteiger partial charge in [-0.15, -0.1) is 0 Å². The third-order valence-electron chi connectivity index (χ3n) is 5.26. The third-order valence-corrected chi connectivity index (χ3v) is 5.26. The van der Waals surface area contributed by atoms with Crippen LogP contribution in [0.1, 0.15) is 20.7 Å². The number of carbonyl (C=O) groups excluding carboxylic acids is 2. The second kappa shape index (κ2) is 6.21. The van der Waals surface area contributed by atoms with Crippen LogP contribution >= 0.6 is 0 Å². The van der Waals surface area contributed by atoms with Gasteiger partial charge in [-0.1, -0.05) is 24.3 Å². The number of ether oxygens (including phenoxy) is 1. The Bertz CT molecular complexity index is 1000. The van der Waals surface area contributed by atoms with E-state index in [1.165, 1.54) is 4.90 Å². The van der Waals surface area contributed by atoms with Crippen LogP contribution in [0.15, 0.2) is 60.7 Å². The smallest absolute Gasteiger partial charge is 0.265 e. The van der Waals surface area contributed by atoms with Crippen LogP contribution in [-0.4, -0.2) is 38.1 Å². The highest BCUT2D eigenvalue weighted by molar-refractivity contribution is 6.35. The molecule has 0 aliphatic carbocycles. The number of hydrogen-bond acceptors (Lipinski definition) is 4. The molecule has 0 N–H and O–H groups in total. The number of rotatable bonds is 2. The Kier molecular flexibility index (Phi) is 3.69. The molecule has 134 valence electrons. The summed E-state index contributed by atoms with van der Waals surface area (Å²) in [6.07, 6.45) is 0. The normalized spacial score (nSPS) is 16.9. The van der Waals surface area contributed by atoms with Crippen LogP contribution in [0.25, 0.3) is 10.8 Å². The molecule has 2 heterocycles. The van der Waals surface area contributed by atoms with E-state index in [1.54, 1.807) is 12.1 Å². The molecule has 0 saturated carbocycles. The van der Waals surface area contributed by atoms with Crippen molar-refractivity contribution in [1.82, 2.24) is 0 Å². The Labute approximate surface area is 156 Å². The molecule has 2 aliphatic rings. The van der Waals surface area contributed by atoms with Crippen molar-refractivity contribution in [2.24, 2.45) is 0 Å². The first kappa shape index (κ1) is 16.0. The van der Waals surface area contributed by atoms with Gasteiger partial charge < -0.3 is 9.64 Å². The van der Waals surface area contributed by atoms with Gasteiger partial charge in [-0.05, 0) is 41.8 Å². The molecule has 1 saturated heterocycles. The van der Waals surface area contributed by atoms with E-state index < -0.39 is 0 Å². The number of carbonyl (C=O) groups is 2. The van der Waals surface area contributed by atoms with Crippen LogP contribution < -0.4 is 9.80 Å². The predicted molar refractivity (Wildman–Crippen MR) is 105 cm³/mol. The van der Waals surface area contributed by atoms with Gasteiger partial charge in [0.2, 0.25) is 0 Å². The van der Waals surface area contributed by atoms with E-state index >= 15 is 0 Å².